The molecular weight excluding hydrogens is 337 g/mol. The third kappa shape index (κ3) is 2.95. The first kappa shape index (κ1) is 16.9. The summed E-state index contributed by atoms with van der Waals surface area (Å²) in [7, 11) is 0. The smallest absolute Gasteiger partial charge is 0.343 e. The number of alkyl halides is 1. The number of fused-ring (bicyclic) bond motifs is 2. The number of aromatic nitrogens is 2. The molecule has 3 rings (SSSR count). The van der Waals surface area contributed by atoms with Gasteiger partial charge in [-0.3, -0.25) is 4.79 Å². The van der Waals surface area contributed by atoms with Crippen LogP contribution in [0.15, 0.2) is 29.2 Å². The van der Waals surface area contributed by atoms with Crippen LogP contribution in [0.25, 0.3) is 21.9 Å². The molecule has 25 heavy (non-hydrogen) atoms. The van der Waals surface area contributed by atoms with E-state index in [9.17, 15) is 22.8 Å². The first-order chi connectivity index (χ1) is 12.0. The molecule has 0 N–H and O–H groups in total. The molecule has 0 fully saturated rings. The van der Waals surface area contributed by atoms with Crippen molar-refractivity contribution in [3.8, 4) is 0 Å². The van der Waals surface area contributed by atoms with E-state index in [0.717, 1.165) is 12.1 Å². The summed E-state index contributed by atoms with van der Waals surface area (Å²) >= 11 is 0. The zero-order valence-electron chi connectivity index (χ0n) is 13.2. The Morgan fingerprint density at radius 1 is 1.24 bits per heavy atom. The summed E-state index contributed by atoms with van der Waals surface area (Å²) in [4.78, 5) is 28.7. The molecule has 0 spiro atoms. The van der Waals surface area contributed by atoms with Gasteiger partial charge in [-0.1, -0.05) is 0 Å². The Kier molecular flexibility index (Phi) is 4.43. The standard InChI is InChI=1S/C17H13F3N2O3/c1-2-25-17(24)11-8-22(4-3-18)16-10(15(11)23)5-9-6-12(19)13(20)7-14(9)21-16/h5-8H,2-4H2,1H3. The molecule has 0 unspecified atom stereocenters. The minimum atomic E-state index is -1.08. The van der Waals surface area contributed by atoms with Crippen LogP contribution >= 0.6 is 0 Å². The van der Waals surface area contributed by atoms with Crippen LogP contribution in [-0.2, 0) is 11.3 Å². The number of carbonyl (C=O) groups is 1. The minimum Gasteiger partial charge on any atom is -0.462 e. The van der Waals surface area contributed by atoms with Crippen molar-refractivity contribution in [2.45, 2.75) is 13.5 Å². The first-order valence-electron chi connectivity index (χ1n) is 7.52. The summed E-state index contributed by atoms with van der Waals surface area (Å²) < 4.78 is 45.9. The van der Waals surface area contributed by atoms with Crippen LogP contribution < -0.4 is 5.43 Å². The first-order valence-corrected chi connectivity index (χ1v) is 7.52. The maximum absolute atomic E-state index is 13.4. The number of aryl methyl sites for hydroxylation is 1. The van der Waals surface area contributed by atoms with E-state index in [0.29, 0.717) is 0 Å². The summed E-state index contributed by atoms with van der Waals surface area (Å²) in [6, 6.07) is 3.11. The van der Waals surface area contributed by atoms with Gasteiger partial charge in [0, 0.05) is 17.6 Å². The predicted octanol–water partition coefficient (Wildman–Crippen LogP) is 2.97. The number of benzene rings is 1. The number of halogens is 3. The van der Waals surface area contributed by atoms with E-state index < -0.39 is 29.7 Å². The third-order valence-corrected chi connectivity index (χ3v) is 3.70. The molecule has 0 aliphatic heterocycles. The second kappa shape index (κ2) is 6.54. The highest BCUT2D eigenvalue weighted by Gasteiger charge is 2.18. The van der Waals surface area contributed by atoms with Crippen LogP contribution in [0.1, 0.15) is 17.3 Å². The van der Waals surface area contributed by atoms with Crippen LogP contribution in [0.4, 0.5) is 13.2 Å². The van der Waals surface area contributed by atoms with Crippen LogP contribution in [0.2, 0.25) is 0 Å². The van der Waals surface area contributed by atoms with Gasteiger partial charge in [0.1, 0.15) is 17.9 Å². The SMILES string of the molecule is CCOC(=O)c1cn(CCF)c2nc3cc(F)c(F)cc3cc2c1=O. The average Bonchev–Trinajstić information content (AvgIpc) is 2.57. The second-order valence-electron chi connectivity index (χ2n) is 5.29. The molecule has 0 aliphatic carbocycles. The van der Waals surface area contributed by atoms with Gasteiger partial charge >= 0.3 is 5.97 Å². The molecule has 8 heteroatoms. The molecular formula is C17H13F3N2O3. The van der Waals surface area contributed by atoms with Crippen molar-refractivity contribution in [3.05, 3.63) is 51.8 Å². The minimum absolute atomic E-state index is 0.00230. The summed E-state index contributed by atoms with van der Waals surface area (Å²) in [6.45, 7) is 0.731. The molecule has 0 bridgehead atoms. The van der Waals surface area contributed by atoms with Gasteiger partial charge in [-0.05, 0) is 19.1 Å². The molecule has 2 heterocycles. The van der Waals surface area contributed by atoms with E-state index in [-0.39, 0.29) is 40.7 Å². The quantitative estimate of drug-likeness (QED) is 0.536. The maximum atomic E-state index is 13.4. The Bertz CT molecular complexity index is 1050. The summed E-state index contributed by atoms with van der Waals surface area (Å²) in [5.41, 5.74) is -0.745. The highest BCUT2D eigenvalue weighted by Crippen LogP contribution is 2.21. The largest absolute Gasteiger partial charge is 0.462 e. The fraction of sp³-hybridized carbons (Fsp3) is 0.235. The molecule has 0 radical (unpaired) electrons. The molecule has 0 saturated carbocycles. The molecule has 130 valence electrons. The third-order valence-electron chi connectivity index (χ3n) is 3.70. The number of ether oxygens (including phenoxy) is 1. The van der Waals surface area contributed by atoms with Crippen LogP contribution in [0.3, 0.4) is 0 Å². The number of hydrogen-bond donors (Lipinski definition) is 0. The van der Waals surface area contributed by atoms with Crippen molar-refractivity contribution in [2.24, 2.45) is 0 Å². The van der Waals surface area contributed by atoms with E-state index >= 15 is 0 Å². The lowest BCUT2D eigenvalue weighted by Gasteiger charge is -2.12. The van der Waals surface area contributed by atoms with Crippen molar-refractivity contribution in [2.75, 3.05) is 13.3 Å². The number of pyridine rings is 2. The molecule has 3 aromatic rings. The topological polar surface area (TPSA) is 61.2 Å². The van der Waals surface area contributed by atoms with Crippen LogP contribution in [0, 0.1) is 11.6 Å². The van der Waals surface area contributed by atoms with Crippen molar-refractivity contribution >= 4 is 27.9 Å². The van der Waals surface area contributed by atoms with Crippen molar-refractivity contribution in [1.29, 1.82) is 0 Å². The Morgan fingerprint density at radius 2 is 1.96 bits per heavy atom. The fourth-order valence-electron chi connectivity index (χ4n) is 2.58. The van der Waals surface area contributed by atoms with Gasteiger partial charge in [0.15, 0.2) is 11.6 Å². The number of hydrogen-bond acceptors (Lipinski definition) is 4. The average molecular weight is 350 g/mol. The second-order valence-corrected chi connectivity index (χ2v) is 5.29. The van der Waals surface area contributed by atoms with E-state index in [4.69, 9.17) is 4.74 Å². The zero-order valence-corrected chi connectivity index (χ0v) is 13.2. The monoisotopic (exact) mass is 350 g/mol. The van der Waals surface area contributed by atoms with Gasteiger partial charge < -0.3 is 9.30 Å². The molecule has 5 nitrogen and oxygen atoms in total. The van der Waals surface area contributed by atoms with Gasteiger partial charge in [0.2, 0.25) is 5.43 Å². The Hall–Kier alpha value is -2.90. The van der Waals surface area contributed by atoms with Gasteiger partial charge in [0.25, 0.3) is 0 Å². The lowest BCUT2D eigenvalue weighted by atomic mass is 10.1. The Labute approximate surface area is 139 Å². The number of esters is 1. The summed E-state index contributed by atoms with van der Waals surface area (Å²) in [5.74, 6) is -3.01. The van der Waals surface area contributed by atoms with Crippen LogP contribution in [-0.4, -0.2) is 28.8 Å². The molecule has 1 aromatic carbocycles. The van der Waals surface area contributed by atoms with Gasteiger partial charge in [-0.2, -0.15) is 0 Å². The number of nitrogens with zero attached hydrogens (tertiary/aromatic N) is 2. The highest BCUT2D eigenvalue weighted by molar-refractivity contribution is 5.96. The van der Waals surface area contributed by atoms with E-state index in [1.54, 1.807) is 6.92 Å². The highest BCUT2D eigenvalue weighted by atomic mass is 19.2. The fourth-order valence-corrected chi connectivity index (χ4v) is 2.58. The van der Waals surface area contributed by atoms with Crippen molar-refractivity contribution < 1.29 is 22.7 Å². The molecule has 0 saturated heterocycles. The summed E-state index contributed by atoms with van der Waals surface area (Å²) in [6.07, 6.45) is 1.17. The summed E-state index contributed by atoms with van der Waals surface area (Å²) in [5, 5.41) is 0.189. The van der Waals surface area contributed by atoms with Crippen molar-refractivity contribution in [1.82, 2.24) is 9.55 Å². The number of carbonyl (C=O) groups excluding carboxylic acids is 1. The van der Waals surface area contributed by atoms with Gasteiger partial charge in [0.05, 0.1) is 24.1 Å². The molecule has 0 aliphatic rings. The molecule has 2 aromatic heterocycles. The number of rotatable bonds is 4. The zero-order chi connectivity index (χ0) is 18.1. The normalized spacial score (nSPS) is 11.2. The van der Waals surface area contributed by atoms with E-state index in [2.05, 4.69) is 4.98 Å². The maximum Gasteiger partial charge on any atom is 0.343 e. The van der Waals surface area contributed by atoms with Crippen molar-refractivity contribution in [3.63, 3.8) is 0 Å². The Balaban J connectivity index is 2.38. The lowest BCUT2D eigenvalue weighted by Crippen LogP contribution is -2.22. The predicted molar refractivity (Wildman–Crippen MR) is 85.4 cm³/mol. The molecule has 0 atom stereocenters. The lowest BCUT2D eigenvalue weighted by molar-refractivity contribution is 0.0524. The van der Waals surface area contributed by atoms with E-state index in [1.165, 1.54) is 16.8 Å². The Morgan fingerprint density at radius 3 is 2.64 bits per heavy atom. The van der Waals surface area contributed by atoms with Gasteiger partial charge in [-0.15, -0.1) is 0 Å². The molecule has 0 amide bonds. The van der Waals surface area contributed by atoms with Gasteiger partial charge in [-0.25, -0.2) is 22.9 Å². The van der Waals surface area contributed by atoms with Crippen LogP contribution in [0.5, 0.6) is 0 Å². The van der Waals surface area contributed by atoms with E-state index in [1.807, 2.05) is 0 Å².